The van der Waals surface area contributed by atoms with Crippen molar-refractivity contribution in [1.29, 1.82) is 0 Å². The molecule has 1 atom stereocenters. The Kier molecular flexibility index (Phi) is 6.67. The fourth-order valence-corrected chi connectivity index (χ4v) is 2.55. The van der Waals surface area contributed by atoms with Gasteiger partial charge in [-0.3, -0.25) is 0 Å². The van der Waals surface area contributed by atoms with E-state index >= 15 is 0 Å². The lowest BCUT2D eigenvalue weighted by Gasteiger charge is -2.28. The Morgan fingerprint density at radius 3 is 2.30 bits per heavy atom. The number of nitrogens with one attached hydrogen (secondary N) is 1. The van der Waals surface area contributed by atoms with Crippen LogP contribution in [0.25, 0.3) is 0 Å². The molecule has 20 heavy (non-hydrogen) atoms. The van der Waals surface area contributed by atoms with Gasteiger partial charge in [0, 0.05) is 12.1 Å². The summed E-state index contributed by atoms with van der Waals surface area (Å²) in [5.41, 5.74) is 1.22. The molecule has 0 amide bonds. The maximum absolute atomic E-state index is 13.5. The predicted molar refractivity (Wildman–Crippen MR) is 85.6 cm³/mol. The minimum Gasteiger partial charge on any atom is -0.311 e. The van der Waals surface area contributed by atoms with Crippen molar-refractivity contribution in [2.45, 2.75) is 65.3 Å². The maximum atomic E-state index is 13.5. The van der Waals surface area contributed by atoms with Crippen molar-refractivity contribution in [3.63, 3.8) is 0 Å². The van der Waals surface area contributed by atoms with E-state index in [-0.39, 0.29) is 11.4 Å². The van der Waals surface area contributed by atoms with Gasteiger partial charge in [0.05, 0.1) is 0 Å². The highest BCUT2D eigenvalue weighted by Gasteiger charge is 2.19. The van der Waals surface area contributed by atoms with Gasteiger partial charge in [0.2, 0.25) is 0 Å². The maximum Gasteiger partial charge on any atom is 0.123 e. The lowest BCUT2D eigenvalue weighted by Crippen LogP contribution is -2.39. The van der Waals surface area contributed by atoms with Gasteiger partial charge in [-0.05, 0) is 56.7 Å². The zero-order chi connectivity index (χ0) is 15.2. The summed E-state index contributed by atoms with van der Waals surface area (Å²) in [5.74, 6) is 0.965. The lowest BCUT2D eigenvalue weighted by atomic mass is 9.85. The van der Waals surface area contributed by atoms with Crippen molar-refractivity contribution in [3.05, 3.63) is 35.6 Å². The molecule has 1 rings (SSSR count). The summed E-state index contributed by atoms with van der Waals surface area (Å²) in [4.78, 5) is 0. The van der Waals surface area contributed by atoms with Crippen molar-refractivity contribution < 1.29 is 4.39 Å². The summed E-state index contributed by atoms with van der Waals surface area (Å²) < 4.78 is 13.5. The van der Waals surface area contributed by atoms with Gasteiger partial charge in [0.1, 0.15) is 5.82 Å². The molecule has 1 N–H and O–H groups in total. The van der Waals surface area contributed by atoms with Gasteiger partial charge in [-0.1, -0.05) is 38.8 Å². The van der Waals surface area contributed by atoms with E-state index in [0.717, 1.165) is 18.5 Å². The molecule has 0 fully saturated rings. The molecule has 114 valence electrons. The minimum atomic E-state index is -0.132. The summed E-state index contributed by atoms with van der Waals surface area (Å²) in [7, 11) is 0. The molecule has 0 saturated heterocycles. The minimum absolute atomic E-state index is 0.0967. The largest absolute Gasteiger partial charge is 0.311 e. The highest BCUT2D eigenvalue weighted by Crippen LogP contribution is 2.27. The van der Waals surface area contributed by atoms with Crippen LogP contribution in [0, 0.1) is 11.7 Å². The van der Waals surface area contributed by atoms with Crippen molar-refractivity contribution in [2.24, 2.45) is 5.92 Å². The molecule has 0 aromatic heterocycles. The van der Waals surface area contributed by atoms with Crippen LogP contribution in [0.3, 0.4) is 0 Å². The Balaban J connectivity index is 2.83. The van der Waals surface area contributed by atoms with E-state index in [1.54, 1.807) is 6.07 Å². The Hall–Kier alpha value is -0.890. The third-order valence-electron chi connectivity index (χ3n) is 3.97. The van der Waals surface area contributed by atoms with Gasteiger partial charge in [0.15, 0.2) is 0 Å². The van der Waals surface area contributed by atoms with Gasteiger partial charge in [0.25, 0.3) is 0 Å². The molecular weight excluding hydrogens is 249 g/mol. The van der Waals surface area contributed by atoms with Crippen molar-refractivity contribution in [1.82, 2.24) is 5.32 Å². The normalized spacial score (nSPS) is 13.8. The van der Waals surface area contributed by atoms with Crippen LogP contribution in [-0.2, 0) is 0 Å². The molecule has 0 saturated carbocycles. The predicted octanol–water partition coefficient (Wildman–Crippen LogP) is 5.12. The molecule has 0 aliphatic carbocycles. The number of halogens is 1. The first kappa shape index (κ1) is 17.2. The summed E-state index contributed by atoms with van der Waals surface area (Å²) in [6.45, 7) is 11.9. The van der Waals surface area contributed by atoms with Gasteiger partial charge >= 0.3 is 0 Å². The molecule has 0 radical (unpaired) electrons. The smallest absolute Gasteiger partial charge is 0.123 e. The van der Waals surface area contributed by atoms with E-state index in [0.29, 0.717) is 11.8 Å². The number of hydrogen-bond donors (Lipinski definition) is 1. The van der Waals surface area contributed by atoms with E-state index in [1.807, 2.05) is 6.07 Å². The molecular formula is C18H30FN. The molecule has 2 heteroatoms. The van der Waals surface area contributed by atoms with Crippen molar-refractivity contribution in [3.8, 4) is 0 Å². The highest BCUT2D eigenvalue weighted by molar-refractivity contribution is 5.21. The third kappa shape index (κ3) is 6.04. The average Bonchev–Trinajstić information content (AvgIpc) is 2.38. The van der Waals surface area contributed by atoms with Gasteiger partial charge in [-0.2, -0.15) is 0 Å². The summed E-state index contributed by atoms with van der Waals surface area (Å²) in [6.07, 6.45) is 3.51. The summed E-state index contributed by atoms with van der Waals surface area (Å²) in [6, 6.07) is 7.09. The fraction of sp³-hybridized carbons (Fsp3) is 0.667. The lowest BCUT2D eigenvalue weighted by molar-refractivity contribution is 0.356. The first-order chi connectivity index (χ1) is 9.35. The van der Waals surface area contributed by atoms with Crippen LogP contribution in [0.5, 0.6) is 0 Å². The van der Waals surface area contributed by atoms with Crippen LogP contribution >= 0.6 is 0 Å². The van der Waals surface area contributed by atoms with E-state index in [1.165, 1.54) is 18.9 Å². The first-order valence-corrected chi connectivity index (χ1v) is 7.86. The van der Waals surface area contributed by atoms with E-state index in [4.69, 9.17) is 0 Å². The monoisotopic (exact) mass is 279 g/mol. The molecule has 0 bridgehead atoms. The van der Waals surface area contributed by atoms with Crippen LogP contribution in [0.15, 0.2) is 24.3 Å². The second-order valence-corrected chi connectivity index (χ2v) is 6.80. The van der Waals surface area contributed by atoms with Crippen LogP contribution in [0.4, 0.5) is 4.39 Å². The van der Waals surface area contributed by atoms with Crippen LogP contribution in [0.1, 0.15) is 65.4 Å². The van der Waals surface area contributed by atoms with Crippen LogP contribution < -0.4 is 5.32 Å². The Morgan fingerprint density at radius 2 is 1.80 bits per heavy atom. The van der Waals surface area contributed by atoms with E-state index < -0.39 is 0 Å². The number of benzene rings is 1. The molecule has 1 unspecified atom stereocenters. The fourth-order valence-electron chi connectivity index (χ4n) is 2.55. The second kappa shape index (κ2) is 7.78. The summed E-state index contributed by atoms with van der Waals surface area (Å²) in [5, 5.41) is 3.57. The molecule has 1 nitrogen and oxygen atoms in total. The zero-order valence-corrected chi connectivity index (χ0v) is 13.7. The number of rotatable bonds is 7. The molecule has 0 aliphatic rings. The zero-order valence-electron chi connectivity index (χ0n) is 13.7. The van der Waals surface area contributed by atoms with E-state index in [9.17, 15) is 4.39 Å². The Labute approximate surface area is 124 Å². The third-order valence-corrected chi connectivity index (χ3v) is 3.97. The van der Waals surface area contributed by atoms with Crippen molar-refractivity contribution >= 4 is 0 Å². The van der Waals surface area contributed by atoms with Crippen LogP contribution in [0.2, 0.25) is 0 Å². The summed E-state index contributed by atoms with van der Waals surface area (Å²) >= 11 is 0. The highest BCUT2D eigenvalue weighted by atomic mass is 19.1. The van der Waals surface area contributed by atoms with Gasteiger partial charge in [-0.25, -0.2) is 4.39 Å². The Bertz CT molecular complexity index is 391. The van der Waals surface area contributed by atoms with E-state index in [2.05, 4.69) is 46.0 Å². The standard InChI is InChI=1S/C18H30FN/c1-6-14(7-2)11-16(13-20-18(3,4)5)15-9-8-10-17(19)12-15/h8-10,12,14,16,20H,6-7,11,13H2,1-5H3. The first-order valence-electron chi connectivity index (χ1n) is 7.86. The van der Waals surface area contributed by atoms with Gasteiger partial charge in [-0.15, -0.1) is 0 Å². The molecule has 0 heterocycles. The Morgan fingerprint density at radius 1 is 1.15 bits per heavy atom. The SMILES string of the molecule is CCC(CC)CC(CNC(C)(C)C)c1cccc(F)c1. The molecule has 0 spiro atoms. The average molecular weight is 279 g/mol. The molecule has 0 aliphatic heterocycles. The van der Waals surface area contributed by atoms with Crippen molar-refractivity contribution in [2.75, 3.05) is 6.54 Å². The second-order valence-electron chi connectivity index (χ2n) is 6.80. The van der Waals surface area contributed by atoms with Gasteiger partial charge < -0.3 is 5.32 Å². The number of hydrogen-bond acceptors (Lipinski definition) is 1. The van der Waals surface area contributed by atoms with Crippen LogP contribution in [-0.4, -0.2) is 12.1 Å². The quantitative estimate of drug-likeness (QED) is 0.730. The molecule has 1 aromatic rings. The topological polar surface area (TPSA) is 12.0 Å². The molecule has 1 aromatic carbocycles.